The zero-order valence-electron chi connectivity index (χ0n) is 12.1. The number of nitrogens with zero attached hydrogens (tertiary/aromatic N) is 4. The molecule has 3 rings (SSSR count). The van der Waals surface area contributed by atoms with Gasteiger partial charge in [0.25, 0.3) is 5.91 Å². The van der Waals surface area contributed by atoms with Crippen molar-refractivity contribution in [1.29, 1.82) is 0 Å². The van der Waals surface area contributed by atoms with Gasteiger partial charge in [-0.1, -0.05) is 17.7 Å². The lowest BCUT2D eigenvalue weighted by atomic mass is 10.3. The normalized spacial score (nSPS) is 10.9. The van der Waals surface area contributed by atoms with Crippen LogP contribution >= 0.6 is 22.9 Å². The second kappa shape index (κ2) is 5.94. The third kappa shape index (κ3) is 2.77. The molecule has 0 aliphatic carbocycles. The van der Waals surface area contributed by atoms with Crippen LogP contribution in [0.4, 0.5) is 0 Å². The predicted molar refractivity (Wildman–Crippen MR) is 85.9 cm³/mol. The summed E-state index contributed by atoms with van der Waals surface area (Å²) in [6.45, 7) is 0.370. The van der Waals surface area contributed by atoms with Gasteiger partial charge in [-0.05, 0) is 17.5 Å². The number of H-pyrrole nitrogens is 1. The predicted octanol–water partition coefficient (Wildman–Crippen LogP) is 2.80. The number of amides is 1. The van der Waals surface area contributed by atoms with Crippen molar-refractivity contribution in [3.63, 3.8) is 0 Å². The molecule has 0 bridgehead atoms. The minimum Gasteiger partial charge on any atom is -0.334 e. The van der Waals surface area contributed by atoms with E-state index in [4.69, 9.17) is 11.6 Å². The van der Waals surface area contributed by atoms with Crippen LogP contribution in [0.25, 0.3) is 10.6 Å². The summed E-state index contributed by atoms with van der Waals surface area (Å²) in [5.74, 6) is -0.170. The molecule has 8 heteroatoms. The number of aryl methyl sites for hydroxylation is 1. The fraction of sp³-hybridized carbons (Fsp3) is 0.214. The van der Waals surface area contributed by atoms with Crippen LogP contribution in [0.1, 0.15) is 16.2 Å². The number of aromatic amines is 1. The minimum atomic E-state index is -0.170. The topological polar surface area (TPSA) is 66.8 Å². The molecule has 0 saturated carbocycles. The van der Waals surface area contributed by atoms with Crippen molar-refractivity contribution in [1.82, 2.24) is 24.9 Å². The maximum Gasteiger partial charge on any atom is 0.274 e. The van der Waals surface area contributed by atoms with E-state index in [9.17, 15) is 4.79 Å². The molecule has 0 aliphatic heterocycles. The van der Waals surface area contributed by atoms with E-state index in [1.807, 2.05) is 17.5 Å². The lowest BCUT2D eigenvalue weighted by molar-refractivity contribution is 0.0776. The summed E-state index contributed by atoms with van der Waals surface area (Å²) in [4.78, 5) is 15.1. The summed E-state index contributed by atoms with van der Waals surface area (Å²) < 4.78 is 1.66. The first-order chi connectivity index (χ1) is 10.6. The van der Waals surface area contributed by atoms with Crippen LogP contribution in [0.5, 0.6) is 0 Å². The van der Waals surface area contributed by atoms with Crippen molar-refractivity contribution in [3.05, 3.63) is 46.2 Å². The highest BCUT2D eigenvalue weighted by Gasteiger charge is 2.18. The molecule has 0 radical (unpaired) electrons. The molecule has 0 saturated heterocycles. The molecule has 0 aliphatic rings. The van der Waals surface area contributed by atoms with Crippen molar-refractivity contribution < 1.29 is 4.79 Å². The van der Waals surface area contributed by atoms with Crippen LogP contribution in [-0.4, -0.2) is 37.8 Å². The number of halogens is 1. The number of rotatable bonds is 4. The van der Waals surface area contributed by atoms with E-state index < -0.39 is 0 Å². The summed E-state index contributed by atoms with van der Waals surface area (Å²) >= 11 is 7.66. The quantitative estimate of drug-likeness (QED) is 0.797. The molecule has 0 aromatic carbocycles. The molecule has 1 amide bonds. The van der Waals surface area contributed by atoms with Crippen LogP contribution in [0.3, 0.4) is 0 Å². The highest BCUT2D eigenvalue weighted by Crippen LogP contribution is 2.23. The van der Waals surface area contributed by atoms with E-state index in [0.717, 1.165) is 16.3 Å². The van der Waals surface area contributed by atoms with Crippen LogP contribution in [0.15, 0.2) is 29.8 Å². The molecule has 3 heterocycles. The van der Waals surface area contributed by atoms with Crippen molar-refractivity contribution in [2.75, 3.05) is 7.05 Å². The number of aromatic nitrogens is 4. The maximum atomic E-state index is 12.5. The molecule has 0 unspecified atom stereocenters. The van der Waals surface area contributed by atoms with Gasteiger partial charge in [-0.25, -0.2) is 0 Å². The first kappa shape index (κ1) is 14.8. The van der Waals surface area contributed by atoms with Gasteiger partial charge >= 0.3 is 0 Å². The number of hydrogen-bond acceptors (Lipinski definition) is 4. The Kier molecular flexibility index (Phi) is 4.00. The van der Waals surface area contributed by atoms with E-state index in [1.165, 1.54) is 0 Å². The maximum absolute atomic E-state index is 12.5. The number of hydrogen-bond donors (Lipinski definition) is 1. The highest BCUT2D eigenvalue weighted by atomic mass is 35.5. The lowest BCUT2D eigenvalue weighted by Gasteiger charge is -2.16. The van der Waals surface area contributed by atoms with Crippen LogP contribution < -0.4 is 0 Å². The Labute approximate surface area is 136 Å². The Balaban J connectivity index is 1.76. The van der Waals surface area contributed by atoms with Gasteiger partial charge in [0.15, 0.2) is 5.69 Å². The molecule has 0 fully saturated rings. The largest absolute Gasteiger partial charge is 0.334 e. The van der Waals surface area contributed by atoms with Crippen molar-refractivity contribution in [2.24, 2.45) is 7.05 Å². The summed E-state index contributed by atoms with van der Waals surface area (Å²) in [6.07, 6.45) is 1.57. The van der Waals surface area contributed by atoms with Gasteiger partial charge in [0.1, 0.15) is 0 Å². The van der Waals surface area contributed by atoms with Crippen molar-refractivity contribution in [3.8, 4) is 10.6 Å². The van der Waals surface area contributed by atoms with Crippen molar-refractivity contribution >= 4 is 28.8 Å². The molecular formula is C14H14ClN5OS. The number of thiophene rings is 1. The highest BCUT2D eigenvalue weighted by molar-refractivity contribution is 7.13. The fourth-order valence-corrected chi connectivity index (χ4v) is 3.01. The Hall–Kier alpha value is -2.12. The number of nitrogens with one attached hydrogen (secondary N) is 1. The number of carbonyl (C=O) groups excluding carboxylic acids is 1. The fourth-order valence-electron chi connectivity index (χ4n) is 2.10. The van der Waals surface area contributed by atoms with E-state index in [0.29, 0.717) is 17.3 Å². The van der Waals surface area contributed by atoms with Gasteiger partial charge in [0, 0.05) is 14.1 Å². The average molecular weight is 336 g/mol. The second-order valence-electron chi connectivity index (χ2n) is 4.87. The molecule has 0 spiro atoms. The molecular weight excluding hydrogens is 322 g/mol. The monoisotopic (exact) mass is 335 g/mol. The van der Waals surface area contributed by atoms with Crippen LogP contribution in [0, 0.1) is 0 Å². The molecule has 1 N–H and O–H groups in total. The molecule has 22 heavy (non-hydrogen) atoms. The van der Waals surface area contributed by atoms with Crippen LogP contribution in [-0.2, 0) is 13.6 Å². The Morgan fingerprint density at radius 3 is 3.00 bits per heavy atom. The zero-order chi connectivity index (χ0) is 15.7. The summed E-state index contributed by atoms with van der Waals surface area (Å²) in [7, 11) is 3.51. The van der Waals surface area contributed by atoms with Gasteiger partial charge in [-0.15, -0.1) is 11.3 Å². The third-order valence-corrected chi connectivity index (χ3v) is 4.55. The van der Waals surface area contributed by atoms with E-state index >= 15 is 0 Å². The first-order valence-electron chi connectivity index (χ1n) is 6.57. The third-order valence-electron chi connectivity index (χ3n) is 3.33. The summed E-state index contributed by atoms with van der Waals surface area (Å²) in [6, 6.07) is 5.69. The molecule has 6 nitrogen and oxygen atoms in total. The number of carbonyl (C=O) groups is 1. The van der Waals surface area contributed by atoms with Gasteiger partial charge in [-0.2, -0.15) is 10.2 Å². The Bertz CT molecular complexity index is 773. The van der Waals surface area contributed by atoms with Crippen molar-refractivity contribution in [2.45, 2.75) is 6.54 Å². The standard InChI is InChI=1S/C14H14ClN5OS/c1-19(8-12-9(15)7-16-20(12)2)14(21)11-6-10(17-18-11)13-4-3-5-22-13/h3-7H,8H2,1-2H3,(H,17,18). The molecule has 3 aromatic heterocycles. The Morgan fingerprint density at radius 2 is 2.36 bits per heavy atom. The molecule has 3 aromatic rings. The van der Waals surface area contributed by atoms with Crippen LogP contribution in [0.2, 0.25) is 5.02 Å². The van der Waals surface area contributed by atoms with E-state index in [2.05, 4.69) is 15.3 Å². The van der Waals surface area contributed by atoms with Gasteiger partial charge in [0.2, 0.25) is 0 Å². The van der Waals surface area contributed by atoms with E-state index in [-0.39, 0.29) is 5.91 Å². The molecule has 114 valence electrons. The zero-order valence-corrected chi connectivity index (χ0v) is 13.6. The smallest absolute Gasteiger partial charge is 0.274 e. The minimum absolute atomic E-state index is 0.170. The SMILES string of the molecule is CN(Cc1c(Cl)cnn1C)C(=O)c1cc(-c2cccs2)[nH]n1. The van der Waals surface area contributed by atoms with Gasteiger partial charge in [-0.3, -0.25) is 14.6 Å². The first-order valence-corrected chi connectivity index (χ1v) is 7.83. The van der Waals surface area contributed by atoms with Gasteiger partial charge in [0.05, 0.1) is 34.0 Å². The lowest BCUT2D eigenvalue weighted by Crippen LogP contribution is -2.27. The molecule has 0 atom stereocenters. The second-order valence-corrected chi connectivity index (χ2v) is 6.22. The summed E-state index contributed by atoms with van der Waals surface area (Å²) in [5.41, 5.74) is 2.00. The van der Waals surface area contributed by atoms with Gasteiger partial charge < -0.3 is 4.90 Å². The Morgan fingerprint density at radius 1 is 1.55 bits per heavy atom. The average Bonchev–Trinajstić information content (AvgIpc) is 3.22. The van der Waals surface area contributed by atoms with E-state index in [1.54, 1.807) is 47.3 Å². The summed E-state index contributed by atoms with van der Waals surface area (Å²) in [5, 5.41) is 13.6.